The second-order valence-corrected chi connectivity index (χ2v) is 5.34. The predicted molar refractivity (Wildman–Crippen MR) is 70.1 cm³/mol. The third kappa shape index (κ3) is 2.65. The van der Waals surface area contributed by atoms with Gasteiger partial charge in [0.1, 0.15) is 5.03 Å². The van der Waals surface area contributed by atoms with Crippen molar-refractivity contribution < 1.29 is 0 Å². The molecule has 0 N–H and O–H groups in total. The average Bonchev–Trinajstić information content (AvgIpc) is 2.26. The number of rotatable bonds is 3. The molecular weight excluding hydrogens is 238 g/mol. The standard InChI is InChI=1S/C11H13N3S2/c1-7(2)6-16-11-13-9-5-12-4-3-8(9)10(15)14-11/h3-5,7H,6H2,1-2H3,(H,13,14,15). The van der Waals surface area contributed by atoms with Gasteiger partial charge in [0.05, 0.1) is 11.7 Å². The van der Waals surface area contributed by atoms with Crippen LogP contribution in [0.1, 0.15) is 13.8 Å². The van der Waals surface area contributed by atoms with Gasteiger partial charge < -0.3 is 0 Å². The maximum Gasteiger partial charge on any atom is 0.189 e. The minimum atomic E-state index is 0.626. The molecule has 0 aliphatic heterocycles. The fourth-order valence-electron chi connectivity index (χ4n) is 1.25. The summed E-state index contributed by atoms with van der Waals surface area (Å²) in [6, 6.07) is 1.88. The summed E-state index contributed by atoms with van der Waals surface area (Å²) in [6.45, 7) is 4.36. The van der Waals surface area contributed by atoms with E-state index in [-0.39, 0.29) is 0 Å². The van der Waals surface area contributed by atoms with Gasteiger partial charge in [-0.3, -0.25) is 4.98 Å². The van der Waals surface area contributed by atoms with Crippen LogP contribution in [0.2, 0.25) is 0 Å². The zero-order valence-electron chi connectivity index (χ0n) is 9.21. The third-order valence-corrected chi connectivity index (χ3v) is 3.62. The van der Waals surface area contributed by atoms with E-state index < -0.39 is 0 Å². The molecule has 0 aliphatic carbocycles. The van der Waals surface area contributed by atoms with Gasteiger partial charge in [0.15, 0.2) is 5.16 Å². The lowest BCUT2D eigenvalue weighted by Crippen LogP contribution is -1.95. The Kier molecular flexibility index (Phi) is 3.66. The van der Waals surface area contributed by atoms with E-state index in [9.17, 15) is 0 Å². The molecule has 3 nitrogen and oxygen atoms in total. The molecule has 0 saturated carbocycles. The van der Waals surface area contributed by atoms with Crippen molar-refractivity contribution in [2.75, 3.05) is 5.75 Å². The first kappa shape index (κ1) is 11.7. The van der Waals surface area contributed by atoms with Crippen LogP contribution in [0.4, 0.5) is 0 Å². The molecule has 2 aromatic rings. The number of nitrogens with zero attached hydrogens (tertiary/aromatic N) is 3. The first-order chi connectivity index (χ1) is 7.66. The lowest BCUT2D eigenvalue weighted by molar-refractivity contribution is 0.747. The van der Waals surface area contributed by atoms with Gasteiger partial charge in [-0.25, -0.2) is 9.97 Å². The molecule has 5 heteroatoms. The van der Waals surface area contributed by atoms with Crippen LogP contribution in [0.25, 0.3) is 10.9 Å². The molecule has 0 aliphatic rings. The SMILES string of the molecule is CC(C)CSc1nc(S)c2ccncc2n1. The van der Waals surface area contributed by atoms with Crippen LogP contribution in [0, 0.1) is 5.92 Å². The van der Waals surface area contributed by atoms with Crippen LogP contribution in [0.3, 0.4) is 0 Å². The van der Waals surface area contributed by atoms with Crippen LogP contribution in [-0.4, -0.2) is 20.7 Å². The fraction of sp³-hybridized carbons (Fsp3) is 0.364. The quantitative estimate of drug-likeness (QED) is 0.394. The van der Waals surface area contributed by atoms with Crippen molar-refractivity contribution in [3.05, 3.63) is 18.5 Å². The van der Waals surface area contributed by atoms with E-state index in [0.29, 0.717) is 5.92 Å². The summed E-state index contributed by atoms with van der Waals surface area (Å²) in [5, 5.41) is 2.45. The molecule has 0 spiro atoms. The van der Waals surface area contributed by atoms with E-state index in [1.54, 1.807) is 24.2 Å². The summed E-state index contributed by atoms with van der Waals surface area (Å²) in [6.07, 6.45) is 3.47. The maximum atomic E-state index is 4.45. The Hall–Kier alpha value is -0.810. The number of hydrogen-bond acceptors (Lipinski definition) is 5. The van der Waals surface area contributed by atoms with E-state index in [2.05, 4.69) is 41.4 Å². The molecular formula is C11H13N3S2. The van der Waals surface area contributed by atoms with Gasteiger partial charge in [0.2, 0.25) is 0 Å². The molecule has 0 unspecified atom stereocenters. The van der Waals surface area contributed by atoms with Crippen molar-refractivity contribution in [2.24, 2.45) is 5.92 Å². The Bertz CT molecular complexity index is 500. The van der Waals surface area contributed by atoms with Crippen molar-refractivity contribution in [3.63, 3.8) is 0 Å². The van der Waals surface area contributed by atoms with Gasteiger partial charge in [-0.05, 0) is 12.0 Å². The van der Waals surface area contributed by atoms with Crippen LogP contribution in [0.5, 0.6) is 0 Å². The van der Waals surface area contributed by atoms with Crippen LogP contribution in [-0.2, 0) is 0 Å². The summed E-state index contributed by atoms with van der Waals surface area (Å²) < 4.78 is 0. The van der Waals surface area contributed by atoms with E-state index >= 15 is 0 Å². The third-order valence-electron chi connectivity index (χ3n) is 2.00. The zero-order valence-corrected chi connectivity index (χ0v) is 10.9. The predicted octanol–water partition coefficient (Wildman–Crippen LogP) is 3.06. The summed E-state index contributed by atoms with van der Waals surface area (Å²) in [5.74, 6) is 1.64. The Morgan fingerprint density at radius 2 is 2.19 bits per heavy atom. The average molecular weight is 251 g/mol. The van der Waals surface area contributed by atoms with Gasteiger partial charge in [0.25, 0.3) is 0 Å². The summed E-state index contributed by atoms with van der Waals surface area (Å²) >= 11 is 6.03. The minimum absolute atomic E-state index is 0.626. The lowest BCUT2D eigenvalue weighted by Gasteiger charge is -2.05. The Morgan fingerprint density at radius 3 is 2.94 bits per heavy atom. The molecule has 2 rings (SSSR count). The molecule has 0 aromatic carbocycles. The molecule has 0 saturated heterocycles. The molecule has 0 atom stereocenters. The number of aromatic nitrogens is 3. The van der Waals surface area contributed by atoms with Crippen molar-refractivity contribution in [1.82, 2.24) is 15.0 Å². The van der Waals surface area contributed by atoms with E-state index in [0.717, 1.165) is 26.8 Å². The van der Waals surface area contributed by atoms with Crippen LogP contribution >= 0.6 is 24.4 Å². The minimum Gasteiger partial charge on any atom is -0.262 e. The second-order valence-electron chi connectivity index (χ2n) is 3.93. The first-order valence-electron chi connectivity index (χ1n) is 5.10. The molecule has 2 aromatic heterocycles. The normalized spacial score (nSPS) is 11.2. The second kappa shape index (κ2) is 5.01. The monoisotopic (exact) mass is 251 g/mol. The molecule has 0 amide bonds. The Balaban J connectivity index is 2.34. The number of thiol groups is 1. The van der Waals surface area contributed by atoms with Crippen molar-refractivity contribution in [2.45, 2.75) is 24.0 Å². The van der Waals surface area contributed by atoms with Gasteiger partial charge in [-0.1, -0.05) is 25.6 Å². The lowest BCUT2D eigenvalue weighted by atomic mass is 10.3. The Morgan fingerprint density at radius 1 is 1.38 bits per heavy atom. The van der Waals surface area contributed by atoms with Gasteiger partial charge >= 0.3 is 0 Å². The van der Waals surface area contributed by atoms with Crippen molar-refractivity contribution >= 4 is 35.3 Å². The topological polar surface area (TPSA) is 38.7 Å². The molecule has 16 heavy (non-hydrogen) atoms. The van der Waals surface area contributed by atoms with E-state index in [4.69, 9.17) is 0 Å². The van der Waals surface area contributed by atoms with Gasteiger partial charge in [-0.2, -0.15) is 0 Å². The van der Waals surface area contributed by atoms with Gasteiger partial charge in [0, 0.05) is 17.3 Å². The highest BCUT2D eigenvalue weighted by molar-refractivity contribution is 7.99. The Labute approximate surface area is 105 Å². The van der Waals surface area contributed by atoms with E-state index in [1.807, 2.05) is 6.07 Å². The highest BCUT2D eigenvalue weighted by Crippen LogP contribution is 2.23. The van der Waals surface area contributed by atoms with Crippen LogP contribution in [0.15, 0.2) is 28.6 Å². The number of fused-ring (bicyclic) bond motifs is 1. The zero-order chi connectivity index (χ0) is 11.5. The first-order valence-corrected chi connectivity index (χ1v) is 6.53. The highest BCUT2D eigenvalue weighted by Gasteiger charge is 2.06. The van der Waals surface area contributed by atoms with Crippen molar-refractivity contribution in [1.29, 1.82) is 0 Å². The summed E-state index contributed by atoms with van der Waals surface area (Å²) in [7, 11) is 0. The van der Waals surface area contributed by atoms with Crippen molar-refractivity contribution in [3.8, 4) is 0 Å². The van der Waals surface area contributed by atoms with Crippen LogP contribution < -0.4 is 0 Å². The molecule has 0 radical (unpaired) electrons. The molecule has 0 fully saturated rings. The molecule has 2 heterocycles. The maximum absolute atomic E-state index is 4.45. The number of hydrogen-bond donors (Lipinski definition) is 1. The smallest absolute Gasteiger partial charge is 0.189 e. The number of thioether (sulfide) groups is 1. The number of pyridine rings is 1. The largest absolute Gasteiger partial charge is 0.262 e. The highest BCUT2D eigenvalue weighted by atomic mass is 32.2. The summed E-state index contributed by atoms with van der Waals surface area (Å²) in [4.78, 5) is 12.9. The summed E-state index contributed by atoms with van der Waals surface area (Å²) in [5.41, 5.74) is 0.855. The molecule has 84 valence electrons. The van der Waals surface area contributed by atoms with Gasteiger partial charge in [-0.15, -0.1) is 12.6 Å². The van der Waals surface area contributed by atoms with E-state index in [1.165, 1.54) is 0 Å². The fourth-order valence-corrected chi connectivity index (χ4v) is 2.40. The molecule has 0 bridgehead atoms.